The van der Waals surface area contributed by atoms with E-state index in [1.165, 1.54) is 23.1 Å². The number of allylic oxidation sites excluding steroid dienone is 1. The van der Waals surface area contributed by atoms with Gasteiger partial charge in [-0.2, -0.15) is 23.3 Å². The van der Waals surface area contributed by atoms with Crippen LogP contribution in [0.3, 0.4) is 0 Å². The van der Waals surface area contributed by atoms with Gasteiger partial charge >= 0.3 is 6.18 Å². The van der Waals surface area contributed by atoms with Crippen LogP contribution in [0.4, 0.5) is 24.8 Å². The average molecular weight is 400 g/mol. The van der Waals surface area contributed by atoms with Gasteiger partial charge < -0.3 is 10.6 Å². The number of rotatable bonds is 3. The van der Waals surface area contributed by atoms with Gasteiger partial charge in [-0.05, 0) is 36.8 Å². The number of carbonyl (C=O) groups is 1. The molecule has 1 aliphatic rings. The van der Waals surface area contributed by atoms with Gasteiger partial charge in [0.05, 0.1) is 11.1 Å². The number of carbonyl (C=O) groups excluding carboxylic acids is 1. The SMILES string of the molecule is CC1=C(C(=O)Nc2cccc(C(F)(F)F)c2)[C@@H](c2cccnc2)n2ncnc2N1. The molecule has 0 aliphatic carbocycles. The second kappa shape index (κ2) is 7.04. The number of hydrogen-bond acceptors (Lipinski definition) is 5. The Morgan fingerprint density at radius 2 is 2.07 bits per heavy atom. The molecule has 0 bridgehead atoms. The van der Waals surface area contributed by atoms with E-state index in [0.717, 1.165) is 12.1 Å². The van der Waals surface area contributed by atoms with Crippen LogP contribution in [0.5, 0.6) is 0 Å². The van der Waals surface area contributed by atoms with Gasteiger partial charge in [0.2, 0.25) is 5.95 Å². The van der Waals surface area contributed by atoms with Gasteiger partial charge in [-0.15, -0.1) is 0 Å². The summed E-state index contributed by atoms with van der Waals surface area (Å²) in [6.07, 6.45) is 0.0564. The van der Waals surface area contributed by atoms with E-state index in [2.05, 4.69) is 25.7 Å². The number of anilines is 2. The van der Waals surface area contributed by atoms with E-state index in [9.17, 15) is 18.0 Å². The first kappa shape index (κ1) is 18.7. The van der Waals surface area contributed by atoms with E-state index in [0.29, 0.717) is 22.8 Å². The second-order valence-corrected chi connectivity index (χ2v) is 6.41. The number of nitrogens with one attached hydrogen (secondary N) is 2. The van der Waals surface area contributed by atoms with Crippen molar-refractivity contribution in [1.29, 1.82) is 0 Å². The Hall–Kier alpha value is -3.69. The number of alkyl halides is 3. The van der Waals surface area contributed by atoms with Crippen LogP contribution in [0.1, 0.15) is 24.1 Å². The molecule has 0 saturated carbocycles. The van der Waals surface area contributed by atoms with E-state index in [1.807, 2.05) is 0 Å². The second-order valence-electron chi connectivity index (χ2n) is 6.41. The molecule has 29 heavy (non-hydrogen) atoms. The summed E-state index contributed by atoms with van der Waals surface area (Å²) in [6, 6.07) is 7.37. The van der Waals surface area contributed by atoms with Crippen molar-refractivity contribution in [2.24, 2.45) is 0 Å². The predicted octanol–water partition coefficient (Wildman–Crippen LogP) is 3.62. The fraction of sp³-hybridized carbons (Fsp3) is 0.158. The summed E-state index contributed by atoms with van der Waals surface area (Å²) in [7, 11) is 0. The third kappa shape index (κ3) is 3.56. The van der Waals surface area contributed by atoms with Crippen LogP contribution in [0.2, 0.25) is 0 Å². The van der Waals surface area contributed by atoms with Gasteiger partial charge in [-0.1, -0.05) is 12.1 Å². The van der Waals surface area contributed by atoms with Crippen molar-refractivity contribution >= 4 is 17.5 Å². The molecule has 10 heteroatoms. The molecule has 0 fully saturated rings. The highest BCUT2D eigenvalue weighted by Gasteiger charge is 2.34. The van der Waals surface area contributed by atoms with Crippen LogP contribution in [0, 0.1) is 0 Å². The van der Waals surface area contributed by atoms with Crippen molar-refractivity contribution in [3.63, 3.8) is 0 Å². The lowest BCUT2D eigenvalue weighted by atomic mass is 9.96. The summed E-state index contributed by atoms with van der Waals surface area (Å²) in [4.78, 5) is 21.3. The first-order valence-electron chi connectivity index (χ1n) is 8.60. The van der Waals surface area contributed by atoms with Gasteiger partial charge in [0, 0.05) is 23.8 Å². The van der Waals surface area contributed by atoms with E-state index in [-0.39, 0.29) is 5.69 Å². The number of fused-ring (bicyclic) bond motifs is 1. The summed E-state index contributed by atoms with van der Waals surface area (Å²) in [6.45, 7) is 1.70. The molecule has 7 nitrogen and oxygen atoms in total. The minimum atomic E-state index is -4.50. The summed E-state index contributed by atoms with van der Waals surface area (Å²) < 4.78 is 40.5. The molecule has 1 amide bonds. The van der Waals surface area contributed by atoms with Crippen molar-refractivity contribution in [3.05, 3.63) is 77.5 Å². The summed E-state index contributed by atoms with van der Waals surface area (Å²) in [5, 5.41) is 9.75. The Bertz CT molecular complexity index is 1090. The van der Waals surface area contributed by atoms with E-state index in [4.69, 9.17) is 0 Å². The Morgan fingerprint density at radius 3 is 2.79 bits per heavy atom. The fourth-order valence-electron chi connectivity index (χ4n) is 3.20. The van der Waals surface area contributed by atoms with Crippen LogP contribution < -0.4 is 10.6 Å². The van der Waals surface area contributed by atoms with E-state index >= 15 is 0 Å². The highest BCUT2D eigenvalue weighted by molar-refractivity contribution is 6.06. The molecule has 0 saturated heterocycles. The van der Waals surface area contributed by atoms with Crippen molar-refractivity contribution in [1.82, 2.24) is 19.7 Å². The zero-order chi connectivity index (χ0) is 20.6. The molecule has 3 heterocycles. The molecule has 0 radical (unpaired) electrons. The first-order valence-corrected chi connectivity index (χ1v) is 8.60. The highest BCUT2D eigenvalue weighted by Crippen LogP contribution is 2.35. The van der Waals surface area contributed by atoms with Crippen molar-refractivity contribution in [2.75, 3.05) is 10.6 Å². The number of halogens is 3. The number of aromatic nitrogens is 4. The van der Waals surface area contributed by atoms with Crippen molar-refractivity contribution in [3.8, 4) is 0 Å². The molecule has 2 N–H and O–H groups in total. The largest absolute Gasteiger partial charge is 0.416 e. The number of benzene rings is 1. The van der Waals surface area contributed by atoms with Crippen LogP contribution in [0.15, 0.2) is 66.4 Å². The molecule has 3 aromatic rings. The third-order valence-electron chi connectivity index (χ3n) is 4.49. The minimum absolute atomic E-state index is 0.0412. The van der Waals surface area contributed by atoms with Crippen LogP contribution in [-0.4, -0.2) is 25.7 Å². The van der Waals surface area contributed by atoms with Crippen LogP contribution >= 0.6 is 0 Å². The topological polar surface area (TPSA) is 84.7 Å². The van der Waals surface area contributed by atoms with Crippen molar-refractivity contribution < 1.29 is 18.0 Å². The molecule has 4 rings (SSSR count). The Morgan fingerprint density at radius 1 is 1.24 bits per heavy atom. The molecular formula is C19H15F3N6O. The Kier molecular flexibility index (Phi) is 4.53. The minimum Gasteiger partial charge on any atom is -0.328 e. The van der Waals surface area contributed by atoms with E-state index in [1.54, 1.807) is 31.5 Å². The van der Waals surface area contributed by atoms with Gasteiger partial charge in [0.25, 0.3) is 5.91 Å². The van der Waals surface area contributed by atoms with Gasteiger partial charge in [-0.25, -0.2) is 4.68 Å². The molecule has 1 atom stereocenters. The molecule has 148 valence electrons. The lowest BCUT2D eigenvalue weighted by Gasteiger charge is -2.28. The lowest BCUT2D eigenvalue weighted by Crippen LogP contribution is -2.31. The summed E-state index contributed by atoms with van der Waals surface area (Å²) >= 11 is 0. The zero-order valence-electron chi connectivity index (χ0n) is 15.1. The monoisotopic (exact) mass is 400 g/mol. The van der Waals surface area contributed by atoms with Gasteiger partial charge in [-0.3, -0.25) is 9.78 Å². The molecule has 0 unspecified atom stereocenters. The van der Waals surface area contributed by atoms with Crippen LogP contribution in [-0.2, 0) is 11.0 Å². The maximum atomic E-state index is 13.1. The fourth-order valence-corrected chi connectivity index (χ4v) is 3.20. The summed E-state index contributed by atoms with van der Waals surface area (Å²) in [5.74, 6) is -0.101. The van der Waals surface area contributed by atoms with Crippen molar-refractivity contribution in [2.45, 2.75) is 19.1 Å². The molecule has 0 spiro atoms. The Balaban J connectivity index is 1.71. The standard InChI is InChI=1S/C19H15F3N6O/c1-11-15(17(29)27-14-6-2-5-13(8-14)19(20,21)22)16(12-4-3-7-23-9-12)28-18(26-11)24-10-25-28/h2-10,16H,1H3,(H,27,29)(H,24,25,26)/t16-/m1/s1. The molecular weight excluding hydrogens is 385 g/mol. The summed E-state index contributed by atoms with van der Waals surface area (Å²) in [5.41, 5.74) is 0.705. The van der Waals surface area contributed by atoms with Crippen LogP contribution in [0.25, 0.3) is 0 Å². The number of hydrogen-bond donors (Lipinski definition) is 2. The highest BCUT2D eigenvalue weighted by atomic mass is 19.4. The number of amides is 1. The number of nitrogens with zero attached hydrogens (tertiary/aromatic N) is 4. The quantitative estimate of drug-likeness (QED) is 0.702. The zero-order valence-corrected chi connectivity index (χ0v) is 15.1. The smallest absolute Gasteiger partial charge is 0.328 e. The maximum absolute atomic E-state index is 13.1. The van der Waals surface area contributed by atoms with Gasteiger partial charge in [0.15, 0.2) is 0 Å². The van der Waals surface area contributed by atoms with Gasteiger partial charge in [0.1, 0.15) is 12.4 Å². The Labute approximate surface area is 163 Å². The van der Waals surface area contributed by atoms with E-state index < -0.39 is 23.7 Å². The maximum Gasteiger partial charge on any atom is 0.416 e. The predicted molar refractivity (Wildman–Crippen MR) is 98.8 cm³/mol. The molecule has 1 aromatic carbocycles. The first-order chi connectivity index (χ1) is 13.8. The lowest BCUT2D eigenvalue weighted by molar-refractivity contribution is -0.137. The average Bonchev–Trinajstić information content (AvgIpc) is 3.15. The molecule has 2 aromatic heterocycles. The third-order valence-corrected chi connectivity index (χ3v) is 4.49. The number of pyridine rings is 1. The normalized spacial score (nSPS) is 16.2. The molecule has 1 aliphatic heterocycles.